The van der Waals surface area contributed by atoms with E-state index in [1.807, 2.05) is 6.92 Å². The van der Waals surface area contributed by atoms with Gasteiger partial charge in [-0.15, -0.1) is 5.10 Å². The van der Waals surface area contributed by atoms with Gasteiger partial charge in [-0.2, -0.15) is 5.26 Å². The summed E-state index contributed by atoms with van der Waals surface area (Å²) in [7, 11) is 1.29. The van der Waals surface area contributed by atoms with Gasteiger partial charge in [-0.1, -0.05) is 0 Å². The van der Waals surface area contributed by atoms with E-state index in [9.17, 15) is 4.79 Å². The third kappa shape index (κ3) is 3.10. The molecule has 0 saturated carbocycles. The second-order valence-corrected chi connectivity index (χ2v) is 4.67. The molecule has 0 bridgehead atoms. The van der Waals surface area contributed by atoms with Crippen LogP contribution in [0.15, 0.2) is 22.3 Å². The van der Waals surface area contributed by atoms with Gasteiger partial charge in [0.2, 0.25) is 5.16 Å². The Morgan fingerprint density at radius 3 is 3.05 bits per heavy atom. The molecule has 0 amide bonds. The molecule has 0 spiro atoms. The Morgan fingerprint density at radius 2 is 2.35 bits per heavy atom. The lowest BCUT2D eigenvalue weighted by atomic mass is 10.3. The predicted octanol–water partition coefficient (Wildman–Crippen LogP) is 0.572. The second-order valence-electron chi connectivity index (χ2n) is 3.71. The summed E-state index contributed by atoms with van der Waals surface area (Å²) < 4.78 is 5.85. The molecule has 2 aromatic heterocycles. The summed E-state index contributed by atoms with van der Waals surface area (Å²) in [6, 6.07) is 5.48. The molecule has 0 fully saturated rings. The molecule has 20 heavy (non-hydrogen) atoms. The smallest absolute Gasteiger partial charge is 0.327 e. The zero-order valence-electron chi connectivity index (χ0n) is 10.8. The van der Waals surface area contributed by atoms with Crippen LogP contribution < -0.4 is 0 Å². The van der Waals surface area contributed by atoms with Gasteiger partial charge in [-0.05, 0) is 41.2 Å². The maximum atomic E-state index is 11.2. The first-order chi connectivity index (χ1) is 9.63. The largest absolute Gasteiger partial charge is 0.468 e. The normalized spacial score (nSPS) is 10.1. The molecule has 0 aromatic carbocycles. The Labute approximate surface area is 118 Å². The van der Waals surface area contributed by atoms with Crippen molar-refractivity contribution >= 4 is 17.7 Å². The highest BCUT2D eigenvalue weighted by Gasteiger charge is 2.15. The lowest BCUT2D eigenvalue weighted by Crippen LogP contribution is -2.13. The third-order valence-electron chi connectivity index (χ3n) is 2.31. The quantitative estimate of drug-likeness (QED) is 0.752. The Morgan fingerprint density at radius 1 is 1.55 bits per heavy atom. The van der Waals surface area contributed by atoms with Gasteiger partial charge in [0.15, 0.2) is 0 Å². The number of carbonyl (C=O) groups excluding carboxylic acids is 1. The number of aromatic nitrogens is 5. The minimum Gasteiger partial charge on any atom is -0.468 e. The van der Waals surface area contributed by atoms with Crippen molar-refractivity contribution < 1.29 is 9.53 Å². The van der Waals surface area contributed by atoms with Crippen LogP contribution in [0, 0.1) is 18.3 Å². The standard InChI is InChI=1S/C11H10N6O2S/c1-7-3-4-8(5-12)10(13-7)20-11-14-15-16-17(11)6-9(18)19-2/h3-4H,6H2,1-2H3. The van der Waals surface area contributed by atoms with Crippen LogP contribution in [0.2, 0.25) is 0 Å². The second kappa shape index (κ2) is 6.12. The van der Waals surface area contributed by atoms with Crippen LogP contribution in [0.1, 0.15) is 11.3 Å². The van der Waals surface area contributed by atoms with Crippen LogP contribution in [0.4, 0.5) is 0 Å². The maximum absolute atomic E-state index is 11.2. The highest BCUT2D eigenvalue weighted by atomic mass is 32.2. The fourth-order valence-corrected chi connectivity index (χ4v) is 2.21. The van der Waals surface area contributed by atoms with Crippen molar-refractivity contribution in [3.8, 4) is 6.07 Å². The van der Waals surface area contributed by atoms with Gasteiger partial charge in [-0.25, -0.2) is 9.67 Å². The number of nitrogens with zero attached hydrogens (tertiary/aromatic N) is 6. The van der Waals surface area contributed by atoms with Crippen LogP contribution in [-0.4, -0.2) is 38.3 Å². The van der Waals surface area contributed by atoms with Crippen molar-refractivity contribution in [3.05, 3.63) is 23.4 Å². The number of aryl methyl sites for hydroxylation is 1. The van der Waals surface area contributed by atoms with E-state index >= 15 is 0 Å². The third-order valence-corrected chi connectivity index (χ3v) is 3.29. The van der Waals surface area contributed by atoms with E-state index in [0.29, 0.717) is 15.7 Å². The average Bonchev–Trinajstić information content (AvgIpc) is 2.86. The Hall–Kier alpha value is -2.47. The highest BCUT2D eigenvalue weighted by Crippen LogP contribution is 2.26. The fourth-order valence-electron chi connectivity index (χ4n) is 1.34. The molecule has 0 unspecified atom stereocenters. The molecular weight excluding hydrogens is 280 g/mol. The van der Waals surface area contributed by atoms with Crippen LogP contribution in [-0.2, 0) is 16.1 Å². The van der Waals surface area contributed by atoms with Gasteiger partial charge in [0.1, 0.15) is 17.6 Å². The van der Waals surface area contributed by atoms with E-state index in [1.54, 1.807) is 12.1 Å². The van der Waals surface area contributed by atoms with Crippen molar-refractivity contribution in [1.82, 2.24) is 25.2 Å². The Balaban J connectivity index is 2.27. The molecule has 8 nitrogen and oxygen atoms in total. The first-order valence-electron chi connectivity index (χ1n) is 5.52. The molecular formula is C11H10N6O2S. The first-order valence-corrected chi connectivity index (χ1v) is 6.34. The van der Waals surface area contributed by atoms with E-state index in [4.69, 9.17) is 5.26 Å². The first kappa shape index (κ1) is 14.0. The molecule has 0 saturated heterocycles. The summed E-state index contributed by atoms with van der Waals surface area (Å²) in [6.45, 7) is 1.72. The molecule has 2 rings (SSSR count). The number of esters is 1. The summed E-state index contributed by atoms with van der Waals surface area (Å²) in [5.41, 5.74) is 1.20. The molecule has 2 aromatic rings. The topological polar surface area (TPSA) is 107 Å². The molecule has 102 valence electrons. The SMILES string of the molecule is COC(=O)Cn1nnnc1Sc1nc(C)ccc1C#N. The number of methoxy groups -OCH3 is 1. The average molecular weight is 290 g/mol. The molecule has 0 aliphatic carbocycles. The monoisotopic (exact) mass is 290 g/mol. The molecule has 0 N–H and O–H groups in total. The fraction of sp³-hybridized carbons (Fsp3) is 0.273. The number of pyridine rings is 1. The summed E-state index contributed by atoms with van der Waals surface area (Å²) in [5.74, 6) is -0.461. The van der Waals surface area contributed by atoms with E-state index < -0.39 is 5.97 Å². The lowest BCUT2D eigenvalue weighted by Gasteiger charge is -2.04. The van der Waals surface area contributed by atoms with Gasteiger partial charge in [0, 0.05) is 5.69 Å². The predicted molar refractivity (Wildman–Crippen MR) is 67.6 cm³/mol. The number of nitriles is 1. The van der Waals surface area contributed by atoms with Crippen molar-refractivity contribution in [2.75, 3.05) is 7.11 Å². The van der Waals surface area contributed by atoms with Crippen molar-refractivity contribution in [3.63, 3.8) is 0 Å². The van der Waals surface area contributed by atoms with Crippen molar-refractivity contribution in [2.24, 2.45) is 0 Å². The number of rotatable bonds is 4. The van der Waals surface area contributed by atoms with E-state index in [1.165, 1.54) is 11.8 Å². The number of hydrogen-bond donors (Lipinski definition) is 0. The molecule has 9 heteroatoms. The molecule has 2 heterocycles. The molecule has 0 aliphatic heterocycles. The van der Waals surface area contributed by atoms with Crippen LogP contribution in [0.3, 0.4) is 0 Å². The highest BCUT2D eigenvalue weighted by molar-refractivity contribution is 7.99. The lowest BCUT2D eigenvalue weighted by molar-refractivity contribution is -0.141. The summed E-state index contributed by atoms with van der Waals surface area (Å²) in [6.07, 6.45) is 0. The van der Waals surface area contributed by atoms with Gasteiger partial charge in [0.05, 0.1) is 12.7 Å². The Kier molecular flexibility index (Phi) is 4.27. The van der Waals surface area contributed by atoms with Gasteiger partial charge in [-0.3, -0.25) is 4.79 Å². The molecule has 0 aliphatic rings. The summed E-state index contributed by atoms with van der Waals surface area (Å²) >= 11 is 1.12. The molecule has 0 atom stereocenters. The van der Waals surface area contributed by atoms with Crippen LogP contribution in [0.5, 0.6) is 0 Å². The maximum Gasteiger partial charge on any atom is 0.327 e. The zero-order valence-corrected chi connectivity index (χ0v) is 11.6. The number of carbonyl (C=O) groups is 1. The van der Waals surface area contributed by atoms with Gasteiger partial charge >= 0.3 is 5.97 Å². The van der Waals surface area contributed by atoms with E-state index in [-0.39, 0.29) is 6.54 Å². The Bertz CT molecular complexity index is 678. The van der Waals surface area contributed by atoms with Crippen molar-refractivity contribution in [1.29, 1.82) is 5.26 Å². The van der Waals surface area contributed by atoms with Crippen LogP contribution in [0.25, 0.3) is 0 Å². The number of ether oxygens (including phenoxy) is 1. The van der Waals surface area contributed by atoms with E-state index in [2.05, 4.69) is 31.3 Å². The van der Waals surface area contributed by atoms with Crippen molar-refractivity contribution in [2.45, 2.75) is 23.7 Å². The number of tetrazole rings is 1. The van der Waals surface area contributed by atoms with E-state index in [0.717, 1.165) is 17.5 Å². The zero-order chi connectivity index (χ0) is 14.5. The minimum atomic E-state index is -0.461. The van der Waals surface area contributed by atoms with Gasteiger partial charge in [0.25, 0.3) is 0 Å². The summed E-state index contributed by atoms with van der Waals surface area (Å²) in [5, 5.41) is 20.9. The van der Waals surface area contributed by atoms with Gasteiger partial charge < -0.3 is 4.74 Å². The summed E-state index contributed by atoms with van der Waals surface area (Å²) in [4.78, 5) is 15.5. The van der Waals surface area contributed by atoms with Crippen LogP contribution >= 0.6 is 11.8 Å². The molecule has 0 radical (unpaired) electrons. The number of hydrogen-bond acceptors (Lipinski definition) is 8. The minimum absolute atomic E-state index is 0.0977.